The highest BCUT2D eigenvalue weighted by Crippen LogP contribution is 2.22. The maximum absolute atomic E-state index is 13.5. The van der Waals surface area contributed by atoms with Crippen molar-refractivity contribution in [3.8, 4) is 0 Å². The van der Waals surface area contributed by atoms with Crippen LogP contribution < -0.4 is 0 Å². The zero-order chi connectivity index (χ0) is 13.7. The van der Waals surface area contributed by atoms with Crippen molar-refractivity contribution in [1.82, 2.24) is 0 Å². The first-order valence-corrected chi connectivity index (χ1v) is 6.63. The summed E-state index contributed by atoms with van der Waals surface area (Å²) in [4.78, 5) is 0. The van der Waals surface area contributed by atoms with E-state index in [1.165, 1.54) is 11.6 Å². The molecule has 0 bridgehead atoms. The highest BCUT2D eigenvalue weighted by Gasteiger charge is 2.14. The van der Waals surface area contributed by atoms with Gasteiger partial charge in [0.1, 0.15) is 5.82 Å². The van der Waals surface area contributed by atoms with Gasteiger partial charge < -0.3 is 5.11 Å². The fourth-order valence-corrected chi connectivity index (χ4v) is 2.33. The van der Waals surface area contributed by atoms with Crippen molar-refractivity contribution < 1.29 is 9.50 Å². The highest BCUT2D eigenvalue weighted by molar-refractivity contribution is 5.20. The minimum absolute atomic E-state index is 0.242. The van der Waals surface area contributed by atoms with E-state index in [1.54, 1.807) is 18.2 Å². The summed E-state index contributed by atoms with van der Waals surface area (Å²) in [6.45, 7) is 2.08. The molecule has 2 aromatic carbocycles. The Morgan fingerprint density at radius 3 is 2.32 bits per heavy atom. The molecular formula is C17H19FO. The molecule has 100 valence electrons. The van der Waals surface area contributed by atoms with Crippen molar-refractivity contribution in [3.05, 3.63) is 71.5 Å². The van der Waals surface area contributed by atoms with E-state index in [2.05, 4.69) is 19.1 Å². The second-order valence-corrected chi connectivity index (χ2v) is 5.00. The number of halogens is 1. The molecule has 2 aromatic rings. The van der Waals surface area contributed by atoms with Crippen molar-refractivity contribution in [1.29, 1.82) is 0 Å². The zero-order valence-electron chi connectivity index (χ0n) is 11.1. The Balaban J connectivity index is 1.95. The predicted molar refractivity (Wildman–Crippen MR) is 75.6 cm³/mol. The van der Waals surface area contributed by atoms with Gasteiger partial charge in [0.15, 0.2) is 0 Å². The molecule has 2 heteroatoms. The molecule has 1 N–H and O–H groups in total. The minimum atomic E-state index is -0.521. The van der Waals surface area contributed by atoms with Gasteiger partial charge in [-0.25, -0.2) is 4.39 Å². The first kappa shape index (κ1) is 13.8. The molecule has 19 heavy (non-hydrogen) atoms. The summed E-state index contributed by atoms with van der Waals surface area (Å²) in [5.74, 6) is 0.0249. The summed E-state index contributed by atoms with van der Waals surface area (Å²) in [6.07, 6.45) is 0.481. The molecule has 0 radical (unpaired) electrons. The van der Waals surface area contributed by atoms with Crippen LogP contribution in [-0.4, -0.2) is 11.2 Å². The van der Waals surface area contributed by atoms with Crippen molar-refractivity contribution in [2.75, 3.05) is 0 Å². The van der Waals surface area contributed by atoms with Gasteiger partial charge in [0.2, 0.25) is 0 Å². The van der Waals surface area contributed by atoms with Crippen LogP contribution in [0.3, 0.4) is 0 Å². The fourth-order valence-electron chi connectivity index (χ4n) is 2.33. The molecular weight excluding hydrogens is 239 g/mol. The fraction of sp³-hybridized carbons (Fsp3) is 0.294. The molecule has 0 saturated carbocycles. The lowest BCUT2D eigenvalue weighted by molar-refractivity contribution is 0.156. The number of hydrogen-bond acceptors (Lipinski definition) is 1. The van der Waals surface area contributed by atoms with Gasteiger partial charge in [-0.1, -0.05) is 55.5 Å². The summed E-state index contributed by atoms with van der Waals surface area (Å²) >= 11 is 0. The van der Waals surface area contributed by atoms with Crippen LogP contribution in [0.25, 0.3) is 0 Å². The van der Waals surface area contributed by atoms with Gasteiger partial charge >= 0.3 is 0 Å². The van der Waals surface area contributed by atoms with E-state index in [9.17, 15) is 9.50 Å². The molecule has 0 spiro atoms. The second kappa shape index (κ2) is 6.48. The monoisotopic (exact) mass is 258 g/mol. The van der Waals surface area contributed by atoms with Crippen LogP contribution in [0.2, 0.25) is 0 Å². The van der Waals surface area contributed by atoms with E-state index < -0.39 is 6.10 Å². The van der Waals surface area contributed by atoms with E-state index >= 15 is 0 Å². The number of aliphatic hydroxyl groups is 1. The van der Waals surface area contributed by atoms with Crippen molar-refractivity contribution in [2.45, 2.75) is 31.8 Å². The highest BCUT2D eigenvalue weighted by atomic mass is 19.1. The maximum Gasteiger partial charge on any atom is 0.126 e. The number of aliphatic hydroxyl groups excluding tert-OH is 1. The van der Waals surface area contributed by atoms with Gasteiger partial charge in [0.25, 0.3) is 0 Å². The summed E-state index contributed by atoms with van der Waals surface area (Å²) in [5.41, 5.74) is 1.78. The molecule has 0 fully saturated rings. The Bertz CT molecular complexity index is 510. The van der Waals surface area contributed by atoms with E-state index in [4.69, 9.17) is 0 Å². The van der Waals surface area contributed by atoms with Crippen LogP contribution in [0.1, 0.15) is 30.4 Å². The first-order chi connectivity index (χ1) is 9.16. The van der Waals surface area contributed by atoms with Crippen LogP contribution in [0.4, 0.5) is 4.39 Å². The number of hydrogen-bond donors (Lipinski definition) is 1. The van der Waals surface area contributed by atoms with E-state index in [0.717, 1.165) is 0 Å². The molecule has 0 aliphatic heterocycles. The molecule has 0 amide bonds. The third kappa shape index (κ3) is 3.90. The normalized spacial score (nSPS) is 14.1. The van der Waals surface area contributed by atoms with Crippen LogP contribution in [0, 0.1) is 5.82 Å². The van der Waals surface area contributed by atoms with Crippen molar-refractivity contribution >= 4 is 0 Å². The lowest BCUT2D eigenvalue weighted by Gasteiger charge is -2.17. The van der Waals surface area contributed by atoms with Crippen LogP contribution >= 0.6 is 0 Å². The van der Waals surface area contributed by atoms with Gasteiger partial charge in [0.05, 0.1) is 6.10 Å². The smallest absolute Gasteiger partial charge is 0.126 e. The third-order valence-corrected chi connectivity index (χ3v) is 3.41. The number of rotatable bonds is 5. The summed E-state index contributed by atoms with van der Waals surface area (Å²) < 4.78 is 13.5. The Hall–Kier alpha value is -1.67. The summed E-state index contributed by atoms with van der Waals surface area (Å²) in [7, 11) is 0. The summed E-state index contributed by atoms with van der Waals surface area (Å²) in [6, 6.07) is 16.7. The molecule has 2 atom stereocenters. The maximum atomic E-state index is 13.5. The minimum Gasteiger partial charge on any atom is -0.393 e. The average molecular weight is 258 g/mol. The molecule has 0 aliphatic rings. The van der Waals surface area contributed by atoms with E-state index in [1.807, 2.05) is 18.2 Å². The van der Waals surface area contributed by atoms with Gasteiger partial charge in [-0.15, -0.1) is 0 Å². The van der Waals surface area contributed by atoms with Crippen LogP contribution in [0.5, 0.6) is 0 Å². The van der Waals surface area contributed by atoms with E-state index in [0.29, 0.717) is 18.4 Å². The Morgan fingerprint density at radius 2 is 1.63 bits per heavy atom. The van der Waals surface area contributed by atoms with Crippen LogP contribution in [0.15, 0.2) is 54.6 Å². The number of benzene rings is 2. The van der Waals surface area contributed by atoms with Gasteiger partial charge in [-0.2, -0.15) is 0 Å². The van der Waals surface area contributed by atoms with Gasteiger partial charge in [0, 0.05) is 6.42 Å². The van der Waals surface area contributed by atoms with Crippen molar-refractivity contribution in [3.63, 3.8) is 0 Å². The van der Waals surface area contributed by atoms with E-state index in [-0.39, 0.29) is 11.7 Å². The molecule has 2 unspecified atom stereocenters. The van der Waals surface area contributed by atoms with Gasteiger partial charge in [-0.05, 0) is 29.5 Å². The molecule has 0 aromatic heterocycles. The SMILES string of the molecule is CC(CC(O)Cc1ccccc1F)c1ccccc1. The molecule has 2 rings (SSSR count). The molecule has 0 heterocycles. The lowest BCUT2D eigenvalue weighted by Crippen LogP contribution is -2.14. The Labute approximate surface area is 113 Å². The lowest BCUT2D eigenvalue weighted by atomic mass is 9.92. The predicted octanol–water partition coefficient (Wildman–Crippen LogP) is 3.92. The molecule has 1 nitrogen and oxygen atoms in total. The van der Waals surface area contributed by atoms with Crippen LogP contribution in [-0.2, 0) is 6.42 Å². The topological polar surface area (TPSA) is 20.2 Å². The summed E-state index contributed by atoms with van der Waals surface area (Å²) in [5, 5.41) is 10.1. The molecule has 0 saturated heterocycles. The standard InChI is InChI=1S/C17H19FO/c1-13(14-7-3-2-4-8-14)11-16(19)12-15-9-5-6-10-17(15)18/h2-10,13,16,19H,11-12H2,1H3. The average Bonchev–Trinajstić information content (AvgIpc) is 2.42. The Kier molecular flexibility index (Phi) is 4.69. The largest absolute Gasteiger partial charge is 0.393 e. The van der Waals surface area contributed by atoms with Gasteiger partial charge in [-0.3, -0.25) is 0 Å². The first-order valence-electron chi connectivity index (χ1n) is 6.63. The zero-order valence-corrected chi connectivity index (χ0v) is 11.1. The Morgan fingerprint density at radius 1 is 1.00 bits per heavy atom. The quantitative estimate of drug-likeness (QED) is 0.861. The molecule has 0 aliphatic carbocycles. The van der Waals surface area contributed by atoms with Crippen molar-refractivity contribution in [2.24, 2.45) is 0 Å². The second-order valence-electron chi connectivity index (χ2n) is 5.00. The third-order valence-electron chi connectivity index (χ3n) is 3.41.